The lowest BCUT2D eigenvalue weighted by molar-refractivity contribution is -0.118. The Bertz CT molecular complexity index is 411. The van der Waals surface area contributed by atoms with Gasteiger partial charge in [-0.1, -0.05) is 0 Å². The first kappa shape index (κ1) is 9.98. The molecular weight excluding hydrogens is 192 g/mol. The standard InChI is InChI=1S/C11H14N2O2/c1-7-6-8(2-3-9(7)14)13-10(15)11(12)4-5-11/h2-3,6,14H,4-5,12H2,1H3,(H,13,15). The number of benzene rings is 1. The van der Waals surface area contributed by atoms with E-state index in [2.05, 4.69) is 5.32 Å². The molecular formula is C11H14N2O2. The van der Waals surface area contributed by atoms with Crippen molar-refractivity contribution in [3.05, 3.63) is 23.8 Å². The van der Waals surface area contributed by atoms with E-state index >= 15 is 0 Å². The molecule has 1 saturated carbocycles. The number of amides is 1. The summed E-state index contributed by atoms with van der Waals surface area (Å²) in [7, 11) is 0. The minimum Gasteiger partial charge on any atom is -0.508 e. The fourth-order valence-corrected chi connectivity index (χ4v) is 1.35. The van der Waals surface area contributed by atoms with Crippen molar-refractivity contribution in [2.45, 2.75) is 25.3 Å². The van der Waals surface area contributed by atoms with Gasteiger partial charge in [0.1, 0.15) is 5.75 Å². The lowest BCUT2D eigenvalue weighted by atomic mass is 10.2. The van der Waals surface area contributed by atoms with E-state index in [0.717, 1.165) is 18.4 Å². The molecule has 0 aliphatic heterocycles. The van der Waals surface area contributed by atoms with Gasteiger partial charge in [-0.15, -0.1) is 0 Å². The van der Waals surface area contributed by atoms with Crippen LogP contribution in [0.3, 0.4) is 0 Å². The summed E-state index contributed by atoms with van der Waals surface area (Å²) in [6, 6.07) is 4.94. The number of carbonyl (C=O) groups is 1. The molecule has 0 aromatic heterocycles. The van der Waals surface area contributed by atoms with Gasteiger partial charge in [-0.25, -0.2) is 0 Å². The van der Waals surface area contributed by atoms with Crippen molar-refractivity contribution in [2.75, 3.05) is 5.32 Å². The highest BCUT2D eigenvalue weighted by atomic mass is 16.3. The summed E-state index contributed by atoms with van der Waals surface area (Å²) < 4.78 is 0. The van der Waals surface area contributed by atoms with Gasteiger partial charge in [0.2, 0.25) is 5.91 Å². The minimum atomic E-state index is -0.661. The Balaban J connectivity index is 2.11. The lowest BCUT2D eigenvalue weighted by Gasteiger charge is -2.10. The van der Waals surface area contributed by atoms with Gasteiger partial charge in [-0.3, -0.25) is 4.79 Å². The average molecular weight is 206 g/mol. The Kier molecular flexibility index (Phi) is 2.16. The van der Waals surface area contributed by atoms with E-state index in [1.54, 1.807) is 25.1 Å². The highest BCUT2D eigenvalue weighted by molar-refractivity contribution is 6.00. The van der Waals surface area contributed by atoms with E-state index in [9.17, 15) is 9.90 Å². The van der Waals surface area contributed by atoms with Crippen molar-refractivity contribution in [1.82, 2.24) is 0 Å². The molecule has 4 N–H and O–H groups in total. The van der Waals surface area contributed by atoms with Gasteiger partial charge in [-0.05, 0) is 43.5 Å². The second-order valence-electron chi connectivity index (χ2n) is 4.11. The molecule has 4 nitrogen and oxygen atoms in total. The molecule has 1 amide bonds. The van der Waals surface area contributed by atoms with Crippen LogP contribution in [0.1, 0.15) is 18.4 Å². The number of aromatic hydroxyl groups is 1. The van der Waals surface area contributed by atoms with Crippen molar-refractivity contribution in [3.8, 4) is 5.75 Å². The summed E-state index contributed by atoms with van der Waals surface area (Å²) in [6.45, 7) is 1.78. The second-order valence-corrected chi connectivity index (χ2v) is 4.11. The molecule has 80 valence electrons. The normalized spacial score (nSPS) is 17.2. The Morgan fingerprint density at radius 3 is 2.73 bits per heavy atom. The molecule has 0 heterocycles. The zero-order valence-electron chi connectivity index (χ0n) is 8.58. The molecule has 0 bridgehead atoms. The number of aryl methyl sites for hydroxylation is 1. The van der Waals surface area contributed by atoms with Gasteiger partial charge in [0.05, 0.1) is 5.54 Å². The smallest absolute Gasteiger partial charge is 0.244 e. The maximum atomic E-state index is 11.6. The predicted octanol–water partition coefficient (Wildman–Crippen LogP) is 1.13. The summed E-state index contributed by atoms with van der Waals surface area (Å²) in [5.74, 6) is 0.0782. The zero-order valence-corrected chi connectivity index (χ0v) is 8.58. The van der Waals surface area contributed by atoms with Crippen LogP contribution in [-0.2, 0) is 4.79 Å². The number of hydrogen-bond donors (Lipinski definition) is 3. The van der Waals surface area contributed by atoms with Gasteiger partial charge in [0.25, 0.3) is 0 Å². The number of carbonyl (C=O) groups excluding carboxylic acids is 1. The molecule has 1 aliphatic carbocycles. The van der Waals surface area contributed by atoms with Gasteiger partial charge in [0, 0.05) is 5.69 Å². The van der Waals surface area contributed by atoms with Crippen LogP contribution < -0.4 is 11.1 Å². The van der Waals surface area contributed by atoms with Crippen LogP contribution in [-0.4, -0.2) is 16.6 Å². The molecule has 0 unspecified atom stereocenters. The SMILES string of the molecule is Cc1cc(NC(=O)C2(N)CC2)ccc1O. The van der Waals surface area contributed by atoms with E-state index in [4.69, 9.17) is 5.73 Å². The number of phenols is 1. The van der Waals surface area contributed by atoms with Crippen molar-refractivity contribution in [1.29, 1.82) is 0 Å². The van der Waals surface area contributed by atoms with Crippen molar-refractivity contribution in [2.24, 2.45) is 5.73 Å². The summed E-state index contributed by atoms with van der Waals surface area (Å²) in [4.78, 5) is 11.6. The number of rotatable bonds is 2. The van der Waals surface area contributed by atoms with Crippen LogP contribution in [0.5, 0.6) is 5.75 Å². The van der Waals surface area contributed by atoms with Gasteiger partial charge in [-0.2, -0.15) is 0 Å². The molecule has 0 radical (unpaired) electrons. The molecule has 1 aliphatic rings. The molecule has 1 aromatic carbocycles. The second kappa shape index (κ2) is 3.24. The molecule has 15 heavy (non-hydrogen) atoms. The minimum absolute atomic E-state index is 0.146. The Hall–Kier alpha value is -1.55. The Morgan fingerprint density at radius 1 is 1.53 bits per heavy atom. The third kappa shape index (κ3) is 1.94. The van der Waals surface area contributed by atoms with E-state index in [1.165, 1.54) is 0 Å². The fraction of sp³-hybridized carbons (Fsp3) is 0.364. The van der Waals surface area contributed by atoms with E-state index in [-0.39, 0.29) is 11.7 Å². The fourth-order valence-electron chi connectivity index (χ4n) is 1.35. The van der Waals surface area contributed by atoms with E-state index < -0.39 is 5.54 Å². The Labute approximate surface area is 88.1 Å². The van der Waals surface area contributed by atoms with Crippen LogP contribution in [0, 0.1) is 6.92 Å². The predicted molar refractivity (Wildman–Crippen MR) is 57.6 cm³/mol. The lowest BCUT2D eigenvalue weighted by Crippen LogP contribution is -2.37. The van der Waals surface area contributed by atoms with Crippen LogP contribution in [0.4, 0.5) is 5.69 Å². The van der Waals surface area contributed by atoms with Gasteiger partial charge < -0.3 is 16.2 Å². The summed E-state index contributed by atoms with van der Waals surface area (Å²) in [5.41, 5.74) is 6.49. The molecule has 0 atom stereocenters. The highest BCUT2D eigenvalue weighted by Gasteiger charge is 2.45. The number of nitrogens with two attached hydrogens (primary N) is 1. The monoisotopic (exact) mass is 206 g/mol. The number of anilines is 1. The van der Waals surface area contributed by atoms with Crippen LogP contribution in [0.15, 0.2) is 18.2 Å². The van der Waals surface area contributed by atoms with Gasteiger partial charge in [0.15, 0.2) is 0 Å². The molecule has 1 fully saturated rings. The maximum absolute atomic E-state index is 11.6. The molecule has 0 spiro atoms. The highest BCUT2D eigenvalue weighted by Crippen LogP contribution is 2.33. The summed E-state index contributed by atoms with van der Waals surface area (Å²) in [6.07, 6.45) is 1.49. The number of nitrogens with one attached hydrogen (secondary N) is 1. The first-order valence-corrected chi connectivity index (χ1v) is 4.91. The molecule has 0 saturated heterocycles. The third-order valence-electron chi connectivity index (χ3n) is 2.70. The first-order valence-electron chi connectivity index (χ1n) is 4.91. The Morgan fingerprint density at radius 2 is 2.20 bits per heavy atom. The average Bonchev–Trinajstić information content (AvgIpc) is 2.92. The number of hydrogen-bond acceptors (Lipinski definition) is 3. The maximum Gasteiger partial charge on any atom is 0.244 e. The molecule has 4 heteroatoms. The topological polar surface area (TPSA) is 75.4 Å². The third-order valence-corrected chi connectivity index (χ3v) is 2.70. The van der Waals surface area contributed by atoms with Crippen molar-refractivity contribution in [3.63, 3.8) is 0 Å². The van der Waals surface area contributed by atoms with Crippen molar-refractivity contribution >= 4 is 11.6 Å². The largest absolute Gasteiger partial charge is 0.508 e. The van der Waals surface area contributed by atoms with Gasteiger partial charge >= 0.3 is 0 Å². The summed E-state index contributed by atoms with van der Waals surface area (Å²) >= 11 is 0. The molecule has 1 aromatic rings. The first-order chi connectivity index (χ1) is 7.01. The zero-order chi connectivity index (χ0) is 11.1. The number of phenolic OH excluding ortho intramolecular Hbond substituents is 1. The van der Waals surface area contributed by atoms with E-state index in [0.29, 0.717) is 5.69 Å². The van der Waals surface area contributed by atoms with Crippen molar-refractivity contribution < 1.29 is 9.90 Å². The summed E-state index contributed by atoms with van der Waals surface area (Å²) in [5, 5.41) is 12.1. The van der Waals surface area contributed by atoms with Crippen LogP contribution >= 0.6 is 0 Å². The van der Waals surface area contributed by atoms with Crippen LogP contribution in [0.2, 0.25) is 0 Å². The molecule has 2 rings (SSSR count). The quantitative estimate of drug-likeness (QED) is 0.635. The van der Waals surface area contributed by atoms with Crippen LogP contribution in [0.25, 0.3) is 0 Å². The van der Waals surface area contributed by atoms with E-state index in [1.807, 2.05) is 0 Å².